The third-order valence-electron chi connectivity index (χ3n) is 13.1. The molecule has 410 valence electrons. The maximum Gasteiger partial charge on any atom is 0.305 e. The molecule has 0 spiro atoms. The van der Waals surface area contributed by atoms with Crippen molar-refractivity contribution in [3.63, 3.8) is 0 Å². The van der Waals surface area contributed by atoms with Crippen LogP contribution in [0.1, 0.15) is 232 Å². The lowest BCUT2D eigenvalue weighted by Gasteiger charge is -2.40. The number of hydrogen-bond donors (Lipinski definition) is 6. The van der Waals surface area contributed by atoms with Crippen LogP contribution < -0.4 is 5.32 Å². The van der Waals surface area contributed by atoms with Crippen LogP contribution in [0.5, 0.6) is 0 Å². The Hall–Kier alpha value is -2.90. The summed E-state index contributed by atoms with van der Waals surface area (Å²) >= 11 is 0. The molecule has 6 N–H and O–H groups in total. The van der Waals surface area contributed by atoms with Gasteiger partial charge in [0.2, 0.25) is 5.91 Å². The molecule has 1 aliphatic rings. The fraction of sp³-hybridized carbons (Fsp3) is 0.767. The number of unbranched alkanes of at least 4 members (excludes halogenated alkanes) is 25. The molecule has 1 rings (SSSR count). The number of carbonyl (C=O) groups is 2. The summed E-state index contributed by atoms with van der Waals surface area (Å²) in [5, 5.41) is 54.1. The Bertz CT molecular complexity index is 1410. The van der Waals surface area contributed by atoms with E-state index in [1.54, 1.807) is 6.08 Å². The van der Waals surface area contributed by atoms with Gasteiger partial charge in [0.05, 0.1) is 32.0 Å². The van der Waals surface area contributed by atoms with Crippen LogP contribution in [0.2, 0.25) is 0 Å². The van der Waals surface area contributed by atoms with Crippen LogP contribution in [0, 0.1) is 0 Å². The average molecular weight is 1000 g/mol. The number of aliphatic hydroxyl groups is 5. The summed E-state index contributed by atoms with van der Waals surface area (Å²) in [6, 6.07) is -0.842. The van der Waals surface area contributed by atoms with Crippen LogP contribution in [-0.2, 0) is 23.8 Å². The topological polar surface area (TPSA) is 175 Å². The lowest BCUT2D eigenvalue weighted by Crippen LogP contribution is -2.60. The second kappa shape index (κ2) is 49.3. The van der Waals surface area contributed by atoms with Gasteiger partial charge in [-0.2, -0.15) is 0 Å². The van der Waals surface area contributed by atoms with Crippen molar-refractivity contribution in [1.29, 1.82) is 0 Å². The highest BCUT2D eigenvalue weighted by molar-refractivity contribution is 5.76. The summed E-state index contributed by atoms with van der Waals surface area (Å²) in [7, 11) is 0. The van der Waals surface area contributed by atoms with E-state index in [4.69, 9.17) is 14.2 Å². The Morgan fingerprint density at radius 3 is 1.56 bits per heavy atom. The summed E-state index contributed by atoms with van der Waals surface area (Å²) in [5.41, 5.74) is 0. The average Bonchev–Trinajstić information content (AvgIpc) is 3.37. The molecule has 0 aromatic carbocycles. The lowest BCUT2D eigenvalue weighted by atomic mass is 9.99. The normalized spacial score (nSPS) is 19.7. The van der Waals surface area contributed by atoms with E-state index in [1.165, 1.54) is 109 Å². The van der Waals surface area contributed by atoms with Crippen molar-refractivity contribution in [1.82, 2.24) is 5.32 Å². The van der Waals surface area contributed by atoms with Gasteiger partial charge in [-0.1, -0.05) is 189 Å². The molecular formula is C60H105NO10. The van der Waals surface area contributed by atoms with Gasteiger partial charge in [0.15, 0.2) is 6.29 Å². The first-order chi connectivity index (χ1) is 34.7. The minimum absolute atomic E-state index is 0.0180. The van der Waals surface area contributed by atoms with E-state index in [0.29, 0.717) is 25.9 Å². The highest BCUT2D eigenvalue weighted by Gasteiger charge is 2.44. The summed E-state index contributed by atoms with van der Waals surface area (Å²) in [4.78, 5) is 25.0. The molecule has 7 unspecified atom stereocenters. The molecule has 11 nitrogen and oxygen atoms in total. The van der Waals surface area contributed by atoms with Crippen LogP contribution in [-0.4, -0.2) is 100 Å². The molecular weight excluding hydrogens is 895 g/mol. The zero-order valence-corrected chi connectivity index (χ0v) is 44.9. The summed E-state index contributed by atoms with van der Waals surface area (Å²) in [6.45, 7) is 4.02. The molecule has 1 fully saturated rings. The SMILES string of the molecule is C/C=C/CC/C=C/CC/C=C/C(O)C(COC1OC(CO)C(O)C(O)C1O)NC(=O)CCCCCCCCC/C=C\C/C=C\CCCCCCCCCCCOC(=O)CCCCCCC/C=C\CCCC. The van der Waals surface area contributed by atoms with Gasteiger partial charge < -0.3 is 45.1 Å². The van der Waals surface area contributed by atoms with Crippen molar-refractivity contribution >= 4 is 11.9 Å². The highest BCUT2D eigenvalue weighted by atomic mass is 16.7. The first-order valence-corrected chi connectivity index (χ1v) is 28.7. The van der Waals surface area contributed by atoms with Crippen LogP contribution in [0.3, 0.4) is 0 Å². The molecule has 1 heterocycles. The minimum Gasteiger partial charge on any atom is -0.466 e. The van der Waals surface area contributed by atoms with Crippen LogP contribution >= 0.6 is 0 Å². The van der Waals surface area contributed by atoms with Gasteiger partial charge in [-0.05, 0) is 103 Å². The largest absolute Gasteiger partial charge is 0.466 e. The van der Waals surface area contributed by atoms with E-state index in [9.17, 15) is 35.1 Å². The van der Waals surface area contributed by atoms with Gasteiger partial charge in [-0.3, -0.25) is 9.59 Å². The number of esters is 1. The number of aliphatic hydroxyl groups excluding tert-OH is 5. The smallest absolute Gasteiger partial charge is 0.305 e. The van der Waals surface area contributed by atoms with E-state index < -0.39 is 49.5 Å². The van der Waals surface area contributed by atoms with Gasteiger partial charge >= 0.3 is 5.97 Å². The van der Waals surface area contributed by atoms with Crippen molar-refractivity contribution < 1.29 is 49.3 Å². The number of amides is 1. The first kappa shape index (κ1) is 66.1. The number of ether oxygens (including phenoxy) is 3. The second-order valence-electron chi connectivity index (χ2n) is 19.6. The van der Waals surface area contributed by atoms with Gasteiger partial charge in [0.25, 0.3) is 0 Å². The van der Waals surface area contributed by atoms with Crippen molar-refractivity contribution in [2.75, 3.05) is 19.8 Å². The molecule has 1 amide bonds. The molecule has 0 saturated carbocycles. The quantitative estimate of drug-likeness (QED) is 0.0196. The first-order valence-electron chi connectivity index (χ1n) is 28.7. The maximum atomic E-state index is 13.0. The Labute approximate surface area is 432 Å². The number of allylic oxidation sites excluding steroid dienone is 11. The van der Waals surface area contributed by atoms with Crippen molar-refractivity contribution in [2.45, 2.75) is 275 Å². The lowest BCUT2D eigenvalue weighted by molar-refractivity contribution is -0.302. The number of rotatable bonds is 48. The maximum absolute atomic E-state index is 13.0. The van der Waals surface area contributed by atoms with Crippen LogP contribution in [0.4, 0.5) is 0 Å². The van der Waals surface area contributed by atoms with Crippen molar-refractivity contribution in [3.05, 3.63) is 72.9 Å². The molecule has 0 bridgehead atoms. The van der Waals surface area contributed by atoms with E-state index in [-0.39, 0.29) is 18.5 Å². The standard InChI is InChI=1S/C60H105NO10/c1-3-5-7-9-11-13-27-32-36-40-44-48-56(65)69-49-45-41-37-33-29-26-24-22-20-18-16-14-15-17-19-21-23-25-28-31-35-39-43-47-55(64)61-52(53(63)46-42-38-34-30-12-10-8-6-4-2)51-70-60-59(68)58(67)57(66)54(50-62)71-60/h4,6,9,11-12,14,16-17,19,30,42,46,52-54,57-60,62-63,66-68H,3,5,7-8,10,13,15,18,20-29,31-41,43-45,47-51H2,1-2H3,(H,61,64)/b6-4+,11-9-,16-14-,19-17-,30-12+,46-42+. The third kappa shape index (κ3) is 39.3. The number of nitrogens with one attached hydrogen (secondary N) is 1. The van der Waals surface area contributed by atoms with Gasteiger partial charge in [-0.15, -0.1) is 0 Å². The Morgan fingerprint density at radius 1 is 0.549 bits per heavy atom. The van der Waals surface area contributed by atoms with Crippen LogP contribution in [0.15, 0.2) is 72.9 Å². The molecule has 1 saturated heterocycles. The zero-order chi connectivity index (χ0) is 51.7. The van der Waals surface area contributed by atoms with Gasteiger partial charge in [0.1, 0.15) is 24.4 Å². The summed E-state index contributed by atoms with van der Waals surface area (Å²) in [5.74, 6) is -0.230. The molecule has 0 aromatic heterocycles. The van der Waals surface area contributed by atoms with Crippen molar-refractivity contribution in [2.24, 2.45) is 0 Å². The Balaban J connectivity index is 2.06. The van der Waals surface area contributed by atoms with Crippen LogP contribution in [0.25, 0.3) is 0 Å². The third-order valence-corrected chi connectivity index (χ3v) is 13.1. The molecule has 0 aromatic rings. The highest BCUT2D eigenvalue weighted by Crippen LogP contribution is 2.23. The zero-order valence-electron chi connectivity index (χ0n) is 44.9. The minimum atomic E-state index is -1.58. The molecule has 71 heavy (non-hydrogen) atoms. The predicted octanol–water partition coefficient (Wildman–Crippen LogP) is 12.8. The van der Waals surface area contributed by atoms with E-state index in [0.717, 1.165) is 89.9 Å². The fourth-order valence-electron chi connectivity index (χ4n) is 8.48. The van der Waals surface area contributed by atoms with Gasteiger partial charge in [-0.25, -0.2) is 0 Å². The Morgan fingerprint density at radius 2 is 1.01 bits per heavy atom. The second-order valence-corrected chi connectivity index (χ2v) is 19.6. The van der Waals surface area contributed by atoms with E-state index >= 15 is 0 Å². The van der Waals surface area contributed by atoms with Crippen molar-refractivity contribution in [3.8, 4) is 0 Å². The van der Waals surface area contributed by atoms with E-state index in [1.807, 2.05) is 19.1 Å². The summed E-state index contributed by atoms with van der Waals surface area (Å²) < 4.78 is 16.6. The number of hydrogen-bond acceptors (Lipinski definition) is 10. The molecule has 0 aliphatic carbocycles. The molecule has 11 heteroatoms. The molecule has 7 atom stereocenters. The molecule has 0 radical (unpaired) electrons. The molecule has 1 aliphatic heterocycles. The monoisotopic (exact) mass is 1000 g/mol. The summed E-state index contributed by atoms with van der Waals surface area (Å²) in [6.07, 6.45) is 54.6. The Kier molecular flexibility index (Phi) is 45.9. The van der Waals surface area contributed by atoms with E-state index in [2.05, 4.69) is 66.9 Å². The number of carbonyl (C=O) groups excluding carboxylic acids is 2. The van der Waals surface area contributed by atoms with Gasteiger partial charge in [0, 0.05) is 12.8 Å². The predicted molar refractivity (Wildman–Crippen MR) is 292 cm³/mol. The fourth-order valence-corrected chi connectivity index (χ4v) is 8.48.